The molecule has 23 heavy (non-hydrogen) atoms. The lowest BCUT2D eigenvalue weighted by atomic mass is 10.0. The number of esters is 1. The van der Waals surface area contributed by atoms with Crippen molar-refractivity contribution in [3.05, 3.63) is 12.2 Å². The van der Waals surface area contributed by atoms with Crippen LogP contribution in [0.15, 0.2) is 12.2 Å². The van der Waals surface area contributed by atoms with Gasteiger partial charge in [0.25, 0.3) is 0 Å². The van der Waals surface area contributed by atoms with Gasteiger partial charge in [0.2, 0.25) is 0 Å². The van der Waals surface area contributed by atoms with E-state index < -0.39 is 42.0 Å². The van der Waals surface area contributed by atoms with Crippen molar-refractivity contribution in [2.75, 3.05) is 13.2 Å². The minimum Gasteiger partial charge on any atom is -0.463 e. The second-order valence-electron chi connectivity index (χ2n) is 6.53. The van der Waals surface area contributed by atoms with Crippen LogP contribution in [0.5, 0.6) is 0 Å². The van der Waals surface area contributed by atoms with Crippen molar-refractivity contribution < 1.29 is 33.6 Å². The Morgan fingerprint density at radius 2 is 1.96 bits per heavy atom. The van der Waals surface area contributed by atoms with E-state index in [2.05, 4.69) is 0 Å². The maximum atomic E-state index is 11.5. The van der Waals surface area contributed by atoms with Crippen LogP contribution < -0.4 is 0 Å². The Morgan fingerprint density at radius 3 is 2.52 bits per heavy atom. The first-order chi connectivity index (χ1) is 10.6. The van der Waals surface area contributed by atoms with E-state index in [1.807, 2.05) is 0 Å². The quantitative estimate of drug-likeness (QED) is 0.598. The summed E-state index contributed by atoms with van der Waals surface area (Å²) in [6, 6.07) is 0. The summed E-state index contributed by atoms with van der Waals surface area (Å²) in [5, 5.41) is 10.6. The molecule has 0 amide bonds. The molecule has 0 bridgehead atoms. The zero-order valence-corrected chi connectivity index (χ0v) is 14.3. The highest BCUT2D eigenvalue weighted by Crippen LogP contribution is 2.34. The van der Waals surface area contributed by atoms with Gasteiger partial charge in [-0.2, -0.15) is 0 Å². The fourth-order valence-electron chi connectivity index (χ4n) is 2.69. The molecule has 2 aliphatic heterocycles. The third-order valence-electron chi connectivity index (χ3n) is 3.62. The van der Waals surface area contributed by atoms with Crippen LogP contribution in [0.25, 0.3) is 0 Å². The van der Waals surface area contributed by atoms with E-state index in [9.17, 15) is 9.90 Å². The standard InChI is InChI=1S/C16H26O7/c1-6-19-12(17)8-7-10-14(23-16(4,5)21-10)13(18)11-9-20-15(2,3)22-11/h7-8,10-11,13-14,18H,6,9H2,1-5H3/b8-7+/t10-,11+,13+,14-/m0/s1. The van der Waals surface area contributed by atoms with E-state index in [-0.39, 0.29) is 6.61 Å². The van der Waals surface area contributed by atoms with Crippen LogP contribution in [0.2, 0.25) is 0 Å². The Bertz CT molecular complexity index is 457. The van der Waals surface area contributed by atoms with E-state index >= 15 is 0 Å². The molecule has 0 aromatic rings. The van der Waals surface area contributed by atoms with Gasteiger partial charge >= 0.3 is 5.97 Å². The van der Waals surface area contributed by atoms with Crippen LogP contribution in [0.1, 0.15) is 34.6 Å². The fraction of sp³-hybridized carbons (Fsp3) is 0.812. The number of rotatable bonds is 5. The van der Waals surface area contributed by atoms with Gasteiger partial charge in [0.1, 0.15) is 24.4 Å². The fourth-order valence-corrected chi connectivity index (χ4v) is 2.69. The van der Waals surface area contributed by atoms with Crippen molar-refractivity contribution in [3.63, 3.8) is 0 Å². The maximum absolute atomic E-state index is 11.5. The van der Waals surface area contributed by atoms with E-state index in [0.29, 0.717) is 6.61 Å². The number of aliphatic hydroxyl groups excluding tert-OH is 1. The average molecular weight is 330 g/mol. The van der Waals surface area contributed by atoms with Gasteiger partial charge in [-0.3, -0.25) is 0 Å². The summed E-state index contributed by atoms with van der Waals surface area (Å²) >= 11 is 0. The first kappa shape index (κ1) is 18.4. The van der Waals surface area contributed by atoms with Crippen molar-refractivity contribution in [1.82, 2.24) is 0 Å². The van der Waals surface area contributed by atoms with Crippen LogP contribution in [-0.2, 0) is 28.5 Å². The van der Waals surface area contributed by atoms with Gasteiger partial charge in [-0.25, -0.2) is 4.79 Å². The Balaban J connectivity index is 2.06. The van der Waals surface area contributed by atoms with Gasteiger partial charge < -0.3 is 28.8 Å². The van der Waals surface area contributed by atoms with E-state index in [1.54, 1.807) is 40.7 Å². The minimum atomic E-state index is -0.949. The Morgan fingerprint density at radius 1 is 1.26 bits per heavy atom. The van der Waals surface area contributed by atoms with Crippen LogP contribution in [0.4, 0.5) is 0 Å². The van der Waals surface area contributed by atoms with Crippen LogP contribution in [-0.4, -0.2) is 60.3 Å². The molecule has 4 atom stereocenters. The molecule has 2 aliphatic rings. The topological polar surface area (TPSA) is 83.5 Å². The molecule has 7 nitrogen and oxygen atoms in total. The molecule has 0 radical (unpaired) electrons. The molecule has 0 unspecified atom stereocenters. The molecular weight excluding hydrogens is 304 g/mol. The lowest BCUT2D eigenvalue weighted by Gasteiger charge is -2.26. The van der Waals surface area contributed by atoms with Gasteiger partial charge in [0.05, 0.1) is 13.2 Å². The van der Waals surface area contributed by atoms with E-state index in [4.69, 9.17) is 23.7 Å². The number of carbonyl (C=O) groups excluding carboxylic acids is 1. The normalized spacial score (nSPS) is 33.9. The van der Waals surface area contributed by atoms with Crippen molar-refractivity contribution in [3.8, 4) is 0 Å². The molecule has 0 aromatic carbocycles. The predicted molar refractivity (Wildman–Crippen MR) is 80.5 cm³/mol. The number of hydrogen-bond donors (Lipinski definition) is 1. The van der Waals surface area contributed by atoms with Crippen molar-refractivity contribution in [2.24, 2.45) is 0 Å². The molecule has 1 N–H and O–H groups in total. The molecule has 7 heteroatoms. The van der Waals surface area contributed by atoms with Crippen LogP contribution in [0.3, 0.4) is 0 Å². The molecule has 2 fully saturated rings. The summed E-state index contributed by atoms with van der Waals surface area (Å²) in [4.78, 5) is 11.5. The zero-order valence-electron chi connectivity index (χ0n) is 14.3. The first-order valence-electron chi connectivity index (χ1n) is 7.84. The summed E-state index contributed by atoms with van der Waals surface area (Å²) in [7, 11) is 0. The monoisotopic (exact) mass is 330 g/mol. The first-order valence-corrected chi connectivity index (χ1v) is 7.84. The largest absolute Gasteiger partial charge is 0.463 e. The van der Waals surface area contributed by atoms with Gasteiger partial charge in [-0.15, -0.1) is 0 Å². The highest BCUT2D eigenvalue weighted by atomic mass is 16.8. The summed E-state index contributed by atoms with van der Waals surface area (Å²) in [5.74, 6) is -2.07. The smallest absolute Gasteiger partial charge is 0.330 e. The lowest BCUT2D eigenvalue weighted by Crippen LogP contribution is -2.44. The van der Waals surface area contributed by atoms with E-state index in [1.165, 1.54) is 6.08 Å². The molecule has 2 saturated heterocycles. The summed E-state index contributed by atoms with van der Waals surface area (Å²) in [5.41, 5.74) is 0. The number of ether oxygens (including phenoxy) is 5. The predicted octanol–water partition coefficient (Wildman–Crippen LogP) is 1.14. The van der Waals surface area contributed by atoms with Gasteiger partial charge in [0.15, 0.2) is 11.6 Å². The molecule has 0 aromatic heterocycles. The van der Waals surface area contributed by atoms with Crippen LogP contribution in [0, 0.1) is 0 Å². The third-order valence-corrected chi connectivity index (χ3v) is 3.62. The molecule has 0 spiro atoms. The van der Waals surface area contributed by atoms with Gasteiger partial charge in [-0.05, 0) is 40.7 Å². The summed E-state index contributed by atoms with van der Waals surface area (Å²) in [6.45, 7) is 9.37. The van der Waals surface area contributed by atoms with Gasteiger partial charge in [-0.1, -0.05) is 0 Å². The number of aliphatic hydroxyl groups is 1. The van der Waals surface area contributed by atoms with Crippen molar-refractivity contribution in [2.45, 2.75) is 70.6 Å². The Kier molecular flexibility index (Phi) is 5.48. The Hall–Kier alpha value is -0.990. The van der Waals surface area contributed by atoms with Crippen molar-refractivity contribution in [1.29, 1.82) is 0 Å². The lowest BCUT2D eigenvalue weighted by molar-refractivity contribution is -0.178. The summed E-state index contributed by atoms with van der Waals surface area (Å²) in [6.07, 6.45) is 0.104. The zero-order chi connectivity index (χ0) is 17.3. The van der Waals surface area contributed by atoms with Crippen LogP contribution >= 0.6 is 0 Å². The molecular formula is C16H26O7. The summed E-state index contributed by atoms with van der Waals surface area (Å²) < 4.78 is 27.5. The minimum absolute atomic E-state index is 0.267. The second kappa shape index (κ2) is 6.86. The SMILES string of the molecule is CCOC(=O)/C=C/[C@@H]1OC(C)(C)O[C@@H]1[C@H](O)[C@H]1COC(C)(C)O1. The molecule has 2 rings (SSSR count). The third kappa shape index (κ3) is 4.74. The highest BCUT2D eigenvalue weighted by molar-refractivity contribution is 5.81. The molecule has 132 valence electrons. The molecule has 0 aliphatic carbocycles. The number of carbonyl (C=O) groups is 1. The second-order valence-corrected chi connectivity index (χ2v) is 6.53. The molecule has 0 saturated carbocycles. The Labute approximate surface area is 136 Å². The highest BCUT2D eigenvalue weighted by Gasteiger charge is 2.49. The maximum Gasteiger partial charge on any atom is 0.330 e. The number of hydrogen-bond acceptors (Lipinski definition) is 7. The van der Waals surface area contributed by atoms with Crippen molar-refractivity contribution >= 4 is 5.97 Å². The molecule has 2 heterocycles. The van der Waals surface area contributed by atoms with E-state index in [0.717, 1.165) is 0 Å². The van der Waals surface area contributed by atoms with Gasteiger partial charge in [0, 0.05) is 6.08 Å². The average Bonchev–Trinajstić information content (AvgIpc) is 2.95.